The number of rotatable bonds is 3. The fourth-order valence-electron chi connectivity index (χ4n) is 4.32. The van der Waals surface area contributed by atoms with Crippen LogP contribution in [0, 0.1) is 0 Å². The quantitative estimate of drug-likeness (QED) is 0.434. The van der Waals surface area contributed by atoms with Gasteiger partial charge in [0.1, 0.15) is 5.65 Å². The van der Waals surface area contributed by atoms with Crippen molar-refractivity contribution in [2.45, 2.75) is 39.2 Å². The average molecular weight is 340 g/mol. The van der Waals surface area contributed by atoms with Crippen LogP contribution in [-0.2, 0) is 19.4 Å². The number of aromatic nitrogens is 2. The van der Waals surface area contributed by atoms with Crippen LogP contribution in [0.4, 0.5) is 0 Å². The summed E-state index contributed by atoms with van der Waals surface area (Å²) in [7, 11) is 0. The summed E-state index contributed by atoms with van der Waals surface area (Å²) in [5.74, 6) is 0. The molecule has 130 valence electrons. The van der Waals surface area contributed by atoms with Crippen LogP contribution in [0.3, 0.4) is 0 Å². The second-order valence-corrected chi connectivity index (χ2v) is 7.29. The topological polar surface area (TPSA) is 9.34 Å². The van der Waals surface area contributed by atoms with Crippen LogP contribution >= 0.6 is 0 Å². The van der Waals surface area contributed by atoms with Crippen molar-refractivity contribution >= 4 is 5.65 Å². The van der Waals surface area contributed by atoms with E-state index in [4.69, 9.17) is 0 Å². The second-order valence-electron chi connectivity index (χ2n) is 7.29. The maximum absolute atomic E-state index is 2.53. The molecule has 0 atom stereocenters. The summed E-state index contributed by atoms with van der Waals surface area (Å²) in [6, 6.07) is 19.9. The Bertz CT molecular complexity index is 1050. The molecule has 0 saturated carbocycles. The van der Waals surface area contributed by atoms with Crippen molar-refractivity contribution in [1.82, 2.24) is 8.97 Å². The van der Waals surface area contributed by atoms with Crippen LogP contribution in [0.25, 0.3) is 28.0 Å². The minimum Gasteiger partial charge on any atom is -0.325 e. The summed E-state index contributed by atoms with van der Waals surface area (Å²) < 4.78 is 4.88. The largest absolute Gasteiger partial charge is 0.325 e. The van der Waals surface area contributed by atoms with E-state index in [1.807, 2.05) is 0 Å². The van der Waals surface area contributed by atoms with E-state index in [1.165, 1.54) is 58.4 Å². The summed E-state index contributed by atoms with van der Waals surface area (Å²) in [5, 5.41) is 0. The number of aryl methyl sites for hydroxylation is 3. The van der Waals surface area contributed by atoms with Gasteiger partial charge in [0, 0.05) is 30.1 Å². The van der Waals surface area contributed by atoms with Crippen LogP contribution in [0.15, 0.2) is 67.0 Å². The normalized spacial score (nSPS) is 13.9. The monoisotopic (exact) mass is 340 g/mol. The lowest BCUT2D eigenvalue weighted by molar-refractivity contribution is 0.647. The van der Waals surface area contributed by atoms with Crippen LogP contribution in [0.2, 0.25) is 0 Å². The molecule has 2 aromatic carbocycles. The minimum atomic E-state index is 1.09. The highest BCUT2D eigenvalue weighted by molar-refractivity contribution is 5.78. The zero-order chi connectivity index (χ0) is 17.5. The van der Waals surface area contributed by atoms with E-state index < -0.39 is 0 Å². The predicted octanol–water partition coefficient (Wildman–Crippen LogP) is 5.97. The number of hydrogen-bond donors (Lipinski definition) is 0. The Labute approximate surface area is 154 Å². The molecule has 0 unspecified atom stereocenters. The van der Waals surface area contributed by atoms with E-state index in [0.29, 0.717) is 0 Å². The molecule has 0 saturated heterocycles. The Kier molecular flexibility index (Phi) is 3.70. The molecule has 2 aromatic heterocycles. The molecule has 0 N–H and O–H groups in total. The van der Waals surface area contributed by atoms with Gasteiger partial charge in [-0.1, -0.05) is 61.5 Å². The van der Waals surface area contributed by atoms with Crippen molar-refractivity contribution in [2.75, 3.05) is 0 Å². The van der Waals surface area contributed by atoms with Crippen LogP contribution < -0.4 is 0 Å². The summed E-state index contributed by atoms with van der Waals surface area (Å²) in [4.78, 5) is 0. The summed E-state index contributed by atoms with van der Waals surface area (Å²) in [5.41, 5.74) is 9.67. The fraction of sp³-hybridized carbons (Fsp3) is 0.250. The Balaban J connectivity index is 1.70. The summed E-state index contributed by atoms with van der Waals surface area (Å²) in [6.45, 7) is 3.32. The second kappa shape index (κ2) is 6.21. The molecular weight excluding hydrogens is 316 g/mol. The van der Waals surface area contributed by atoms with Gasteiger partial charge < -0.3 is 8.97 Å². The predicted molar refractivity (Wildman–Crippen MR) is 109 cm³/mol. The van der Waals surface area contributed by atoms with Crippen molar-refractivity contribution in [3.05, 3.63) is 78.1 Å². The first kappa shape index (κ1) is 15.5. The molecule has 0 amide bonds. The first-order valence-electron chi connectivity index (χ1n) is 9.73. The first-order chi connectivity index (χ1) is 12.8. The van der Waals surface area contributed by atoms with E-state index in [-0.39, 0.29) is 0 Å². The van der Waals surface area contributed by atoms with Gasteiger partial charge in [-0.2, -0.15) is 0 Å². The molecule has 4 aromatic rings. The summed E-state index contributed by atoms with van der Waals surface area (Å²) in [6.07, 6.45) is 9.40. The molecule has 0 fully saturated rings. The Morgan fingerprint density at radius 1 is 0.846 bits per heavy atom. The third-order valence-corrected chi connectivity index (χ3v) is 5.72. The van der Waals surface area contributed by atoms with Gasteiger partial charge in [-0.15, -0.1) is 0 Å². The molecule has 0 bridgehead atoms. The number of benzene rings is 2. The van der Waals surface area contributed by atoms with Gasteiger partial charge in [0.25, 0.3) is 0 Å². The third-order valence-electron chi connectivity index (χ3n) is 5.72. The van der Waals surface area contributed by atoms with Crippen LogP contribution in [-0.4, -0.2) is 8.97 Å². The van der Waals surface area contributed by atoms with E-state index in [0.717, 1.165) is 13.0 Å². The maximum Gasteiger partial charge on any atom is 0.121 e. The van der Waals surface area contributed by atoms with Gasteiger partial charge >= 0.3 is 0 Å². The molecule has 2 nitrogen and oxygen atoms in total. The van der Waals surface area contributed by atoms with E-state index in [1.54, 1.807) is 0 Å². The SMILES string of the molecule is CCc1ccc(-c2cn3cc(-c4ccccc4)n4c3c2CCCC4)cc1. The average Bonchev–Trinajstić information content (AvgIpc) is 3.13. The molecule has 26 heavy (non-hydrogen) atoms. The molecule has 2 heteroatoms. The summed E-state index contributed by atoms with van der Waals surface area (Å²) >= 11 is 0. The van der Waals surface area contributed by atoms with Crippen molar-refractivity contribution in [2.24, 2.45) is 0 Å². The highest BCUT2D eigenvalue weighted by Crippen LogP contribution is 2.36. The Morgan fingerprint density at radius 3 is 2.42 bits per heavy atom. The zero-order valence-electron chi connectivity index (χ0n) is 15.3. The standard InChI is InChI=1S/C24H24N2/c1-2-18-11-13-19(14-12-18)22-16-25-17-23(20-8-4-3-5-9-20)26-15-7-6-10-21(22)24(25)26/h3-5,8-9,11-14,16-17H,2,6-7,10,15H2,1H3. The lowest BCUT2D eigenvalue weighted by Crippen LogP contribution is -1.98. The Hall–Kier alpha value is -2.74. The molecule has 5 rings (SSSR count). The van der Waals surface area contributed by atoms with E-state index >= 15 is 0 Å². The van der Waals surface area contributed by atoms with E-state index in [9.17, 15) is 0 Å². The highest BCUT2D eigenvalue weighted by atomic mass is 15.1. The molecule has 0 spiro atoms. The molecule has 1 aliphatic rings. The van der Waals surface area contributed by atoms with Gasteiger partial charge in [0.05, 0.1) is 5.69 Å². The van der Waals surface area contributed by atoms with Gasteiger partial charge in [0.2, 0.25) is 0 Å². The number of hydrogen-bond acceptors (Lipinski definition) is 0. The van der Waals surface area contributed by atoms with Gasteiger partial charge in [-0.05, 0) is 42.4 Å². The van der Waals surface area contributed by atoms with Crippen molar-refractivity contribution < 1.29 is 0 Å². The molecule has 1 aliphatic heterocycles. The number of nitrogens with zero attached hydrogens (tertiary/aromatic N) is 2. The van der Waals surface area contributed by atoms with Gasteiger partial charge in [0.15, 0.2) is 0 Å². The first-order valence-corrected chi connectivity index (χ1v) is 9.73. The van der Waals surface area contributed by atoms with Gasteiger partial charge in [-0.25, -0.2) is 0 Å². The van der Waals surface area contributed by atoms with E-state index in [2.05, 4.69) is 82.9 Å². The van der Waals surface area contributed by atoms with Crippen molar-refractivity contribution in [3.8, 4) is 22.4 Å². The highest BCUT2D eigenvalue weighted by Gasteiger charge is 2.21. The Morgan fingerprint density at radius 2 is 1.65 bits per heavy atom. The lowest BCUT2D eigenvalue weighted by atomic mass is 9.99. The maximum atomic E-state index is 2.53. The number of imidazole rings is 1. The molecule has 0 aliphatic carbocycles. The lowest BCUT2D eigenvalue weighted by Gasteiger charge is -2.08. The smallest absolute Gasteiger partial charge is 0.121 e. The van der Waals surface area contributed by atoms with Crippen LogP contribution in [0.1, 0.15) is 30.9 Å². The molecule has 0 radical (unpaired) electrons. The van der Waals surface area contributed by atoms with Crippen molar-refractivity contribution in [3.63, 3.8) is 0 Å². The minimum absolute atomic E-state index is 1.09. The molecular formula is C24H24N2. The van der Waals surface area contributed by atoms with Gasteiger partial charge in [-0.3, -0.25) is 0 Å². The zero-order valence-corrected chi connectivity index (χ0v) is 15.3. The van der Waals surface area contributed by atoms with Crippen LogP contribution in [0.5, 0.6) is 0 Å². The third kappa shape index (κ3) is 2.40. The fourth-order valence-corrected chi connectivity index (χ4v) is 4.32. The van der Waals surface area contributed by atoms with Crippen molar-refractivity contribution in [1.29, 1.82) is 0 Å². The molecule has 3 heterocycles.